The SMILES string of the molecule is NCCOCN1CCNCC1. The van der Waals surface area contributed by atoms with Crippen molar-refractivity contribution >= 4 is 0 Å². The van der Waals surface area contributed by atoms with E-state index in [1.807, 2.05) is 0 Å². The molecule has 1 saturated heterocycles. The van der Waals surface area contributed by atoms with Gasteiger partial charge in [-0.2, -0.15) is 0 Å². The molecule has 0 atom stereocenters. The first-order valence-electron chi connectivity index (χ1n) is 4.14. The Bertz CT molecular complexity index is 93.7. The number of nitrogens with zero attached hydrogens (tertiary/aromatic N) is 1. The van der Waals surface area contributed by atoms with E-state index >= 15 is 0 Å². The highest BCUT2D eigenvalue weighted by atomic mass is 16.5. The lowest BCUT2D eigenvalue weighted by atomic mass is 10.4. The minimum atomic E-state index is 0.617. The van der Waals surface area contributed by atoms with Gasteiger partial charge in [0.25, 0.3) is 0 Å². The van der Waals surface area contributed by atoms with E-state index in [1.54, 1.807) is 0 Å². The first kappa shape index (κ1) is 8.93. The molecule has 0 unspecified atom stereocenters. The van der Waals surface area contributed by atoms with Crippen molar-refractivity contribution in [3.05, 3.63) is 0 Å². The molecule has 0 radical (unpaired) electrons. The number of nitrogens with one attached hydrogen (secondary N) is 1. The number of nitrogens with two attached hydrogens (primary N) is 1. The lowest BCUT2D eigenvalue weighted by Crippen LogP contribution is -2.44. The number of rotatable bonds is 4. The Balaban J connectivity index is 1.96. The van der Waals surface area contributed by atoms with Crippen LogP contribution in [-0.4, -0.2) is 51.0 Å². The van der Waals surface area contributed by atoms with Crippen molar-refractivity contribution in [2.75, 3.05) is 46.1 Å². The van der Waals surface area contributed by atoms with E-state index in [0.717, 1.165) is 32.9 Å². The van der Waals surface area contributed by atoms with E-state index in [-0.39, 0.29) is 0 Å². The molecular formula is C7H17N3O. The van der Waals surface area contributed by atoms with Crippen molar-refractivity contribution in [2.45, 2.75) is 0 Å². The number of ether oxygens (including phenoxy) is 1. The molecule has 0 amide bonds. The molecule has 1 aliphatic heterocycles. The van der Waals surface area contributed by atoms with Gasteiger partial charge in [-0.15, -0.1) is 0 Å². The fourth-order valence-electron chi connectivity index (χ4n) is 1.12. The fraction of sp³-hybridized carbons (Fsp3) is 1.00. The summed E-state index contributed by atoms with van der Waals surface area (Å²) in [6.45, 7) is 6.35. The fourth-order valence-corrected chi connectivity index (χ4v) is 1.12. The zero-order chi connectivity index (χ0) is 7.94. The summed E-state index contributed by atoms with van der Waals surface area (Å²) in [4.78, 5) is 2.28. The van der Waals surface area contributed by atoms with Gasteiger partial charge in [0.15, 0.2) is 0 Å². The van der Waals surface area contributed by atoms with Crippen molar-refractivity contribution in [2.24, 2.45) is 5.73 Å². The van der Waals surface area contributed by atoms with Gasteiger partial charge in [0.1, 0.15) is 0 Å². The smallest absolute Gasteiger partial charge is 0.0991 e. The maximum absolute atomic E-state index is 5.30. The molecule has 66 valence electrons. The van der Waals surface area contributed by atoms with Crippen LogP contribution in [0.25, 0.3) is 0 Å². The average Bonchev–Trinajstić information content (AvgIpc) is 2.07. The second-order valence-electron chi connectivity index (χ2n) is 2.69. The average molecular weight is 159 g/mol. The van der Waals surface area contributed by atoms with Crippen LogP contribution >= 0.6 is 0 Å². The summed E-state index contributed by atoms with van der Waals surface area (Å²) in [5.41, 5.74) is 5.29. The largest absolute Gasteiger partial charge is 0.365 e. The first-order chi connectivity index (χ1) is 5.43. The molecule has 4 heteroatoms. The third-order valence-corrected chi connectivity index (χ3v) is 1.75. The molecule has 1 fully saturated rings. The van der Waals surface area contributed by atoms with Gasteiger partial charge in [0.2, 0.25) is 0 Å². The van der Waals surface area contributed by atoms with Crippen molar-refractivity contribution in [1.29, 1.82) is 0 Å². The first-order valence-corrected chi connectivity index (χ1v) is 4.14. The predicted molar refractivity (Wildman–Crippen MR) is 44.3 cm³/mol. The highest BCUT2D eigenvalue weighted by molar-refractivity contribution is 4.64. The summed E-state index contributed by atoms with van der Waals surface area (Å²) in [6.07, 6.45) is 0. The van der Waals surface area contributed by atoms with Crippen LogP contribution < -0.4 is 11.1 Å². The van der Waals surface area contributed by atoms with E-state index in [9.17, 15) is 0 Å². The molecule has 0 aliphatic carbocycles. The van der Waals surface area contributed by atoms with Crippen molar-refractivity contribution in [3.8, 4) is 0 Å². The van der Waals surface area contributed by atoms with Gasteiger partial charge >= 0.3 is 0 Å². The van der Waals surface area contributed by atoms with Crippen LogP contribution in [0.2, 0.25) is 0 Å². The maximum Gasteiger partial charge on any atom is 0.0991 e. The van der Waals surface area contributed by atoms with E-state index in [4.69, 9.17) is 10.5 Å². The van der Waals surface area contributed by atoms with Gasteiger partial charge < -0.3 is 15.8 Å². The van der Waals surface area contributed by atoms with Gasteiger partial charge in [0, 0.05) is 32.7 Å². The van der Waals surface area contributed by atoms with Crippen LogP contribution in [0.3, 0.4) is 0 Å². The molecule has 0 bridgehead atoms. The molecule has 3 N–H and O–H groups in total. The van der Waals surface area contributed by atoms with Crippen LogP contribution in [0.4, 0.5) is 0 Å². The van der Waals surface area contributed by atoms with Gasteiger partial charge in [-0.1, -0.05) is 0 Å². The van der Waals surface area contributed by atoms with E-state index < -0.39 is 0 Å². The Labute approximate surface area is 67.7 Å². The molecule has 0 aromatic carbocycles. The standard InChI is InChI=1S/C7H17N3O/c8-1-6-11-7-10-4-2-9-3-5-10/h9H,1-8H2. The molecule has 1 heterocycles. The number of piperazine rings is 1. The minimum absolute atomic E-state index is 0.617. The monoisotopic (exact) mass is 159 g/mol. The number of hydrogen-bond donors (Lipinski definition) is 2. The highest BCUT2D eigenvalue weighted by Gasteiger charge is 2.07. The Hall–Kier alpha value is -0.160. The van der Waals surface area contributed by atoms with Gasteiger partial charge in [0.05, 0.1) is 13.3 Å². The third kappa shape index (κ3) is 3.67. The third-order valence-electron chi connectivity index (χ3n) is 1.75. The van der Waals surface area contributed by atoms with Crippen LogP contribution in [0, 0.1) is 0 Å². The molecule has 11 heavy (non-hydrogen) atoms. The normalized spacial score (nSPS) is 20.5. The molecule has 1 aliphatic rings. The summed E-state index contributed by atoms with van der Waals surface area (Å²) >= 11 is 0. The van der Waals surface area contributed by atoms with E-state index in [1.165, 1.54) is 0 Å². The summed E-state index contributed by atoms with van der Waals surface area (Å²) in [6, 6.07) is 0. The lowest BCUT2D eigenvalue weighted by molar-refractivity contribution is 0.0265. The molecule has 0 spiro atoms. The molecular weight excluding hydrogens is 142 g/mol. The molecule has 1 rings (SSSR count). The van der Waals surface area contributed by atoms with Gasteiger partial charge in [-0.05, 0) is 0 Å². The molecule has 0 aromatic rings. The lowest BCUT2D eigenvalue weighted by Gasteiger charge is -2.26. The van der Waals surface area contributed by atoms with Gasteiger partial charge in [-0.3, -0.25) is 4.90 Å². The summed E-state index contributed by atoms with van der Waals surface area (Å²) < 4.78 is 5.30. The van der Waals surface area contributed by atoms with Gasteiger partial charge in [-0.25, -0.2) is 0 Å². The molecule has 0 saturated carbocycles. The van der Waals surface area contributed by atoms with Crippen LogP contribution in [-0.2, 0) is 4.74 Å². The van der Waals surface area contributed by atoms with Crippen molar-refractivity contribution in [3.63, 3.8) is 0 Å². The maximum atomic E-state index is 5.30. The highest BCUT2D eigenvalue weighted by Crippen LogP contribution is 1.91. The summed E-state index contributed by atoms with van der Waals surface area (Å²) in [5, 5.41) is 3.28. The minimum Gasteiger partial charge on any atom is -0.365 e. The van der Waals surface area contributed by atoms with Crippen LogP contribution in [0.15, 0.2) is 0 Å². The van der Waals surface area contributed by atoms with Crippen molar-refractivity contribution in [1.82, 2.24) is 10.2 Å². The molecule has 4 nitrogen and oxygen atoms in total. The van der Waals surface area contributed by atoms with E-state index in [2.05, 4.69) is 10.2 Å². The molecule has 0 aromatic heterocycles. The predicted octanol–water partition coefficient (Wildman–Crippen LogP) is -1.18. The number of hydrogen-bond acceptors (Lipinski definition) is 4. The Morgan fingerprint density at radius 1 is 1.36 bits per heavy atom. The zero-order valence-corrected chi connectivity index (χ0v) is 6.88. The summed E-state index contributed by atoms with van der Waals surface area (Å²) in [7, 11) is 0. The zero-order valence-electron chi connectivity index (χ0n) is 6.88. The Morgan fingerprint density at radius 3 is 2.73 bits per heavy atom. The summed E-state index contributed by atoms with van der Waals surface area (Å²) in [5.74, 6) is 0. The Kier molecular flexibility index (Phi) is 4.45. The Morgan fingerprint density at radius 2 is 2.09 bits per heavy atom. The quantitative estimate of drug-likeness (QED) is 0.507. The van der Waals surface area contributed by atoms with E-state index in [0.29, 0.717) is 13.2 Å². The topological polar surface area (TPSA) is 50.5 Å². The van der Waals surface area contributed by atoms with Crippen LogP contribution in [0.1, 0.15) is 0 Å². The van der Waals surface area contributed by atoms with Crippen molar-refractivity contribution < 1.29 is 4.74 Å². The van der Waals surface area contributed by atoms with Crippen LogP contribution in [0.5, 0.6) is 0 Å². The second kappa shape index (κ2) is 5.49. The second-order valence-corrected chi connectivity index (χ2v) is 2.69.